The van der Waals surface area contributed by atoms with E-state index < -0.39 is 0 Å². The Balaban J connectivity index is 2.32. The lowest BCUT2D eigenvalue weighted by Crippen LogP contribution is -2.04. The van der Waals surface area contributed by atoms with Crippen LogP contribution in [0.3, 0.4) is 0 Å². The van der Waals surface area contributed by atoms with Gasteiger partial charge in [0.1, 0.15) is 0 Å². The first-order valence-corrected chi connectivity index (χ1v) is 7.66. The molecule has 0 fully saturated rings. The Morgan fingerprint density at radius 1 is 1.19 bits per heavy atom. The molecule has 1 aromatic heterocycles. The fraction of sp³-hybridized carbons (Fsp3) is 0.500. The molecule has 0 spiro atoms. The second-order valence-electron chi connectivity index (χ2n) is 6.38. The van der Waals surface area contributed by atoms with Gasteiger partial charge in [-0.2, -0.15) is 9.49 Å². The SMILES string of the molecule is Cc1nn(C)c(F)c1Cc1ccccc1C(C)CC(C)C. The number of benzene rings is 1. The van der Waals surface area contributed by atoms with E-state index in [0.29, 0.717) is 23.8 Å². The summed E-state index contributed by atoms with van der Waals surface area (Å²) in [6.07, 6.45) is 1.76. The first kappa shape index (κ1) is 15.7. The van der Waals surface area contributed by atoms with E-state index in [4.69, 9.17) is 0 Å². The summed E-state index contributed by atoms with van der Waals surface area (Å²) in [6.45, 7) is 8.61. The van der Waals surface area contributed by atoms with Crippen LogP contribution in [-0.4, -0.2) is 9.78 Å². The largest absolute Gasteiger partial charge is 0.242 e. The van der Waals surface area contributed by atoms with E-state index in [2.05, 4.69) is 44.1 Å². The van der Waals surface area contributed by atoms with E-state index in [9.17, 15) is 4.39 Å². The number of rotatable bonds is 5. The van der Waals surface area contributed by atoms with Crippen LogP contribution in [-0.2, 0) is 13.5 Å². The van der Waals surface area contributed by atoms with E-state index in [1.54, 1.807) is 7.05 Å². The van der Waals surface area contributed by atoms with Gasteiger partial charge in [-0.05, 0) is 36.3 Å². The number of hydrogen-bond acceptors (Lipinski definition) is 1. The average molecular weight is 288 g/mol. The lowest BCUT2D eigenvalue weighted by Gasteiger charge is -2.18. The average Bonchev–Trinajstić information content (AvgIpc) is 2.65. The summed E-state index contributed by atoms with van der Waals surface area (Å²) >= 11 is 0. The van der Waals surface area contributed by atoms with Gasteiger partial charge in [-0.1, -0.05) is 45.0 Å². The highest BCUT2D eigenvalue weighted by molar-refractivity contribution is 5.35. The molecule has 2 rings (SSSR count). The fourth-order valence-corrected chi connectivity index (χ4v) is 3.08. The van der Waals surface area contributed by atoms with Crippen molar-refractivity contribution in [1.82, 2.24) is 9.78 Å². The van der Waals surface area contributed by atoms with Gasteiger partial charge in [-0.3, -0.25) is 0 Å². The van der Waals surface area contributed by atoms with Gasteiger partial charge in [0.15, 0.2) is 0 Å². The molecule has 114 valence electrons. The van der Waals surface area contributed by atoms with Crippen molar-refractivity contribution < 1.29 is 4.39 Å². The maximum atomic E-state index is 14.2. The van der Waals surface area contributed by atoms with Crippen molar-refractivity contribution in [2.45, 2.75) is 46.5 Å². The van der Waals surface area contributed by atoms with Crippen molar-refractivity contribution in [2.75, 3.05) is 0 Å². The summed E-state index contributed by atoms with van der Waals surface area (Å²) in [7, 11) is 1.65. The van der Waals surface area contributed by atoms with Crippen LogP contribution < -0.4 is 0 Å². The third-order valence-corrected chi connectivity index (χ3v) is 4.05. The highest BCUT2D eigenvalue weighted by Gasteiger charge is 2.17. The third-order valence-electron chi connectivity index (χ3n) is 4.05. The highest BCUT2D eigenvalue weighted by atomic mass is 19.1. The van der Waals surface area contributed by atoms with Crippen LogP contribution in [0.4, 0.5) is 4.39 Å². The number of halogens is 1. The predicted octanol–water partition coefficient (Wildman–Crippen LogP) is 4.61. The zero-order chi connectivity index (χ0) is 15.6. The summed E-state index contributed by atoms with van der Waals surface area (Å²) in [5.74, 6) is 0.921. The maximum Gasteiger partial charge on any atom is 0.215 e. The number of nitrogens with zero attached hydrogens (tertiary/aromatic N) is 2. The molecule has 0 N–H and O–H groups in total. The molecule has 0 radical (unpaired) electrons. The summed E-state index contributed by atoms with van der Waals surface area (Å²) in [5, 5.41) is 4.17. The minimum absolute atomic E-state index is 0.223. The quantitative estimate of drug-likeness (QED) is 0.785. The molecule has 1 atom stereocenters. The van der Waals surface area contributed by atoms with Crippen molar-refractivity contribution in [1.29, 1.82) is 0 Å². The molecular formula is C18H25FN2. The smallest absolute Gasteiger partial charge is 0.215 e. The van der Waals surface area contributed by atoms with Crippen LogP contribution in [0.15, 0.2) is 24.3 Å². The van der Waals surface area contributed by atoms with Crippen LogP contribution in [0.2, 0.25) is 0 Å². The number of aryl methyl sites for hydroxylation is 2. The molecule has 1 unspecified atom stereocenters. The molecule has 2 nitrogen and oxygen atoms in total. The Morgan fingerprint density at radius 3 is 2.43 bits per heavy atom. The van der Waals surface area contributed by atoms with Gasteiger partial charge in [-0.25, -0.2) is 4.68 Å². The van der Waals surface area contributed by atoms with E-state index >= 15 is 0 Å². The Labute approximate surface area is 127 Å². The molecule has 0 bridgehead atoms. The normalized spacial score (nSPS) is 12.9. The zero-order valence-electron chi connectivity index (χ0n) is 13.7. The fourth-order valence-electron chi connectivity index (χ4n) is 3.08. The summed E-state index contributed by atoms with van der Waals surface area (Å²) in [6, 6.07) is 8.39. The minimum atomic E-state index is -0.223. The maximum absolute atomic E-state index is 14.2. The Kier molecular flexibility index (Phi) is 4.81. The highest BCUT2D eigenvalue weighted by Crippen LogP contribution is 2.28. The van der Waals surface area contributed by atoms with E-state index in [1.165, 1.54) is 15.8 Å². The van der Waals surface area contributed by atoms with Crippen molar-refractivity contribution in [3.63, 3.8) is 0 Å². The Hall–Kier alpha value is -1.64. The van der Waals surface area contributed by atoms with E-state index in [1.807, 2.05) is 13.0 Å². The molecular weight excluding hydrogens is 263 g/mol. The second-order valence-corrected chi connectivity index (χ2v) is 6.38. The summed E-state index contributed by atoms with van der Waals surface area (Å²) in [5.41, 5.74) is 4.03. The van der Waals surface area contributed by atoms with Crippen molar-refractivity contribution in [2.24, 2.45) is 13.0 Å². The monoisotopic (exact) mass is 288 g/mol. The Morgan fingerprint density at radius 2 is 1.86 bits per heavy atom. The molecule has 3 heteroatoms. The van der Waals surface area contributed by atoms with Gasteiger partial charge in [-0.15, -0.1) is 0 Å². The lowest BCUT2D eigenvalue weighted by atomic mass is 9.87. The molecule has 0 aliphatic heterocycles. The first-order valence-electron chi connectivity index (χ1n) is 7.66. The van der Waals surface area contributed by atoms with Gasteiger partial charge < -0.3 is 0 Å². The van der Waals surface area contributed by atoms with Gasteiger partial charge in [0.25, 0.3) is 0 Å². The van der Waals surface area contributed by atoms with Crippen LogP contribution in [0.1, 0.15) is 55.5 Å². The standard InChI is InChI=1S/C18H25FN2/c1-12(2)10-13(3)16-9-7-6-8-15(16)11-17-14(4)20-21(5)18(17)19/h6-9,12-13H,10-11H2,1-5H3. The third kappa shape index (κ3) is 3.52. The lowest BCUT2D eigenvalue weighted by molar-refractivity contribution is 0.495. The molecule has 0 saturated carbocycles. The Bertz CT molecular complexity index is 614. The zero-order valence-corrected chi connectivity index (χ0v) is 13.7. The number of hydrogen-bond donors (Lipinski definition) is 0. The number of aromatic nitrogens is 2. The molecule has 0 amide bonds. The van der Waals surface area contributed by atoms with Gasteiger partial charge in [0.05, 0.1) is 5.69 Å². The topological polar surface area (TPSA) is 17.8 Å². The van der Waals surface area contributed by atoms with Crippen LogP contribution in [0.5, 0.6) is 0 Å². The van der Waals surface area contributed by atoms with Crippen LogP contribution in [0.25, 0.3) is 0 Å². The van der Waals surface area contributed by atoms with Crippen LogP contribution in [0, 0.1) is 18.8 Å². The predicted molar refractivity (Wildman–Crippen MR) is 85.0 cm³/mol. The molecule has 0 saturated heterocycles. The van der Waals surface area contributed by atoms with Crippen molar-refractivity contribution in [3.05, 3.63) is 52.6 Å². The first-order chi connectivity index (χ1) is 9.90. The molecule has 21 heavy (non-hydrogen) atoms. The van der Waals surface area contributed by atoms with Crippen molar-refractivity contribution >= 4 is 0 Å². The molecule has 1 heterocycles. The molecule has 2 aromatic rings. The second kappa shape index (κ2) is 6.42. The summed E-state index contributed by atoms with van der Waals surface area (Å²) in [4.78, 5) is 0. The van der Waals surface area contributed by atoms with Gasteiger partial charge in [0, 0.05) is 19.0 Å². The van der Waals surface area contributed by atoms with E-state index in [0.717, 1.165) is 12.1 Å². The molecule has 0 aliphatic carbocycles. The van der Waals surface area contributed by atoms with Gasteiger partial charge in [0.2, 0.25) is 5.95 Å². The van der Waals surface area contributed by atoms with Crippen LogP contribution >= 0.6 is 0 Å². The van der Waals surface area contributed by atoms with E-state index in [-0.39, 0.29) is 5.95 Å². The van der Waals surface area contributed by atoms with Crippen molar-refractivity contribution in [3.8, 4) is 0 Å². The summed E-state index contributed by atoms with van der Waals surface area (Å²) < 4.78 is 15.5. The molecule has 1 aromatic carbocycles. The van der Waals surface area contributed by atoms with Gasteiger partial charge >= 0.3 is 0 Å². The molecule has 0 aliphatic rings. The minimum Gasteiger partial charge on any atom is -0.242 e.